The smallest absolute Gasteiger partial charge is 0.230 e. The van der Waals surface area contributed by atoms with Gasteiger partial charge in [0.25, 0.3) is 0 Å². The number of anilines is 1. The molecule has 0 fully saturated rings. The van der Waals surface area contributed by atoms with Crippen LogP contribution in [0.3, 0.4) is 0 Å². The summed E-state index contributed by atoms with van der Waals surface area (Å²) < 4.78 is 0. The van der Waals surface area contributed by atoms with Gasteiger partial charge in [0.2, 0.25) is 5.91 Å². The Morgan fingerprint density at radius 2 is 1.78 bits per heavy atom. The Morgan fingerprint density at radius 3 is 2.56 bits per heavy atom. The monoisotopic (exact) mass is 351 g/mol. The van der Waals surface area contributed by atoms with E-state index >= 15 is 0 Å². The number of benzene rings is 3. The summed E-state index contributed by atoms with van der Waals surface area (Å²) in [5.74, 6) is -0.113. The van der Waals surface area contributed by atoms with Gasteiger partial charge in [-0.05, 0) is 53.4 Å². The van der Waals surface area contributed by atoms with Gasteiger partial charge in [0, 0.05) is 0 Å². The number of carbonyl (C=O) groups excluding carboxylic acids is 1. The summed E-state index contributed by atoms with van der Waals surface area (Å²) in [7, 11) is 0. The Kier molecular flexibility index (Phi) is 4.27. The number of hydrogen-bond acceptors (Lipinski definition) is 3. The molecule has 0 aromatic heterocycles. The number of nitriles is 1. The quantitative estimate of drug-likeness (QED) is 0.706. The molecule has 0 spiro atoms. The highest BCUT2D eigenvalue weighted by atomic mass is 16.1. The molecule has 0 unspecified atom stereocenters. The van der Waals surface area contributed by atoms with Gasteiger partial charge >= 0.3 is 0 Å². The maximum absolute atomic E-state index is 12.5. The van der Waals surface area contributed by atoms with Gasteiger partial charge in [-0.3, -0.25) is 9.79 Å². The molecule has 0 saturated heterocycles. The number of rotatable bonds is 2. The van der Waals surface area contributed by atoms with Crippen molar-refractivity contribution in [1.29, 1.82) is 5.26 Å². The molecule has 0 saturated carbocycles. The Bertz CT molecular complexity index is 1110. The fraction of sp³-hybridized carbons (Fsp3) is 0.0870. The molecule has 0 aliphatic carbocycles. The molecule has 4 nitrogen and oxygen atoms in total. The Hall–Kier alpha value is -3.71. The zero-order valence-electron chi connectivity index (χ0n) is 14.9. The maximum Gasteiger partial charge on any atom is 0.230 e. The van der Waals surface area contributed by atoms with Crippen molar-refractivity contribution in [3.8, 4) is 17.2 Å². The summed E-state index contributed by atoms with van der Waals surface area (Å²) in [5, 5.41) is 12.1. The molecule has 1 heterocycles. The van der Waals surface area contributed by atoms with E-state index in [1.54, 1.807) is 12.1 Å². The van der Waals surface area contributed by atoms with Gasteiger partial charge in [-0.25, -0.2) is 0 Å². The van der Waals surface area contributed by atoms with Gasteiger partial charge in [0.1, 0.15) is 0 Å². The Morgan fingerprint density at radius 1 is 1.00 bits per heavy atom. The van der Waals surface area contributed by atoms with Crippen molar-refractivity contribution in [2.75, 3.05) is 5.32 Å². The highest BCUT2D eigenvalue weighted by Gasteiger charge is 2.19. The lowest BCUT2D eigenvalue weighted by Gasteiger charge is -2.11. The number of aryl methyl sites for hydroxylation is 1. The first kappa shape index (κ1) is 16.7. The normalized spacial score (nSPS) is 13.0. The summed E-state index contributed by atoms with van der Waals surface area (Å²) in [6, 6.07) is 23.4. The lowest BCUT2D eigenvalue weighted by Crippen LogP contribution is -2.15. The van der Waals surface area contributed by atoms with E-state index in [4.69, 9.17) is 10.3 Å². The van der Waals surface area contributed by atoms with E-state index in [0.717, 1.165) is 27.9 Å². The predicted molar refractivity (Wildman–Crippen MR) is 107 cm³/mol. The molecule has 1 N–H and O–H groups in total. The van der Waals surface area contributed by atoms with Crippen molar-refractivity contribution in [3.05, 3.63) is 83.4 Å². The zero-order chi connectivity index (χ0) is 18.8. The van der Waals surface area contributed by atoms with Crippen molar-refractivity contribution < 1.29 is 4.79 Å². The molecule has 4 heteroatoms. The third-order valence-electron chi connectivity index (χ3n) is 4.61. The maximum atomic E-state index is 12.5. The number of fused-ring (bicyclic) bond motifs is 1. The van der Waals surface area contributed by atoms with Crippen LogP contribution in [-0.4, -0.2) is 11.6 Å². The molecule has 0 radical (unpaired) electrons. The number of nitrogens with zero attached hydrogens (tertiary/aromatic N) is 2. The van der Waals surface area contributed by atoms with Crippen LogP contribution in [0.4, 0.5) is 11.4 Å². The first-order valence-corrected chi connectivity index (χ1v) is 8.72. The number of carbonyl (C=O) groups is 1. The van der Waals surface area contributed by atoms with Crippen LogP contribution in [0.25, 0.3) is 11.1 Å². The van der Waals surface area contributed by atoms with Crippen LogP contribution in [0.1, 0.15) is 23.1 Å². The Balaban J connectivity index is 1.83. The largest absolute Gasteiger partial charge is 0.324 e. The highest BCUT2D eigenvalue weighted by molar-refractivity contribution is 6.17. The fourth-order valence-electron chi connectivity index (χ4n) is 3.28. The van der Waals surface area contributed by atoms with Crippen molar-refractivity contribution in [2.45, 2.75) is 13.3 Å². The minimum Gasteiger partial charge on any atom is -0.324 e. The van der Waals surface area contributed by atoms with Crippen molar-refractivity contribution in [1.82, 2.24) is 0 Å². The third-order valence-corrected chi connectivity index (χ3v) is 4.61. The van der Waals surface area contributed by atoms with Gasteiger partial charge in [0.05, 0.1) is 35.1 Å². The zero-order valence-corrected chi connectivity index (χ0v) is 14.9. The van der Waals surface area contributed by atoms with Crippen LogP contribution in [0.5, 0.6) is 0 Å². The van der Waals surface area contributed by atoms with E-state index in [9.17, 15) is 4.79 Å². The second kappa shape index (κ2) is 6.89. The molecule has 4 rings (SSSR count). The van der Waals surface area contributed by atoms with Crippen LogP contribution < -0.4 is 5.32 Å². The van der Waals surface area contributed by atoms with E-state index in [0.29, 0.717) is 17.0 Å². The molecule has 1 aliphatic heterocycles. The summed E-state index contributed by atoms with van der Waals surface area (Å²) in [6.45, 7) is 2.04. The molecule has 1 amide bonds. The van der Waals surface area contributed by atoms with Crippen molar-refractivity contribution in [3.63, 3.8) is 0 Å². The van der Waals surface area contributed by atoms with Crippen LogP contribution in [0, 0.1) is 18.3 Å². The summed E-state index contributed by atoms with van der Waals surface area (Å²) >= 11 is 0. The topological polar surface area (TPSA) is 65.2 Å². The molecule has 3 aromatic carbocycles. The van der Waals surface area contributed by atoms with Gasteiger partial charge in [-0.1, -0.05) is 42.5 Å². The summed E-state index contributed by atoms with van der Waals surface area (Å²) in [4.78, 5) is 17.2. The number of aliphatic imine (C=N–C) groups is 1. The minimum atomic E-state index is -0.113. The van der Waals surface area contributed by atoms with E-state index in [1.165, 1.54) is 0 Å². The molecule has 0 atom stereocenters. The van der Waals surface area contributed by atoms with Crippen LogP contribution in [-0.2, 0) is 4.79 Å². The van der Waals surface area contributed by atoms with Crippen molar-refractivity contribution in [2.24, 2.45) is 4.99 Å². The van der Waals surface area contributed by atoms with Crippen LogP contribution in [0.2, 0.25) is 0 Å². The number of nitrogens with one attached hydrogen (secondary N) is 1. The second-order valence-electron chi connectivity index (χ2n) is 6.53. The number of hydrogen-bond donors (Lipinski definition) is 1. The van der Waals surface area contributed by atoms with E-state index in [2.05, 4.69) is 23.5 Å². The molecule has 130 valence electrons. The average molecular weight is 351 g/mol. The van der Waals surface area contributed by atoms with Crippen molar-refractivity contribution >= 4 is 23.0 Å². The summed E-state index contributed by atoms with van der Waals surface area (Å²) in [5.41, 5.74) is 6.70. The molecule has 1 aliphatic rings. The van der Waals surface area contributed by atoms with Gasteiger partial charge in [-0.2, -0.15) is 5.26 Å². The van der Waals surface area contributed by atoms with Gasteiger partial charge in [0.15, 0.2) is 0 Å². The van der Waals surface area contributed by atoms with E-state index in [1.807, 2.05) is 49.4 Å². The molecular weight excluding hydrogens is 334 g/mol. The second-order valence-corrected chi connectivity index (χ2v) is 6.53. The molecular formula is C23H17N3O. The molecule has 0 bridgehead atoms. The Labute approximate surface area is 157 Å². The number of amides is 1. The van der Waals surface area contributed by atoms with Gasteiger partial charge in [-0.15, -0.1) is 0 Å². The molecule has 27 heavy (non-hydrogen) atoms. The first-order chi connectivity index (χ1) is 13.1. The van der Waals surface area contributed by atoms with Crippen LogP contribution in [0.15, 0.2) is 71.7 Å². The van der Waals surface area contributed by atoms with Crippen LogP contribution >= 0.6 is 0 Å². The lowest BCUT2D eigenvalue weighted by atomic mass is 9.99. The van der Waals surface area contributed by atoms with E-state index < -0.39 is 0 Å². The third kappa shape index (κ3) is 3.36. The minimum absolute atomic E-state index is 0.113. The standard InChI is InChI=1S/C23H17N3O/c1-15-10-21-22(12-19(15)17-7-3-2-4-8-17)26-23(27)13-20(25-21)18-9-5-6-16(11-18)14-24/h2-12H,13H2,1H3,(H,26,27). The molecule has 3 aromatic rings. The average Bonchev–Trinajstić information content (AvgIpc) is 2.86. The predicted octanol–water partition coefficient (Wildman–Crippen LogP) is 5.00. The lowest BCUT2D eigenvalue weighted by molar-refractivity contribution is -0.115. The van der Waals surface area contributed by atoms with E-state index in [-0.39, 0.29) is 12.3 Å². The highest BCUT2D eigenvalue weighted by Crippen LogP contribution is 2.36. The SMILES string of the molecule is Cc1cc2c(cc1-c1ccccc1)NC(=O)CC(c1cccc(C#N)c1)=N2. The van der Waals surface area contributed by atoms with Gasteiger partial charge < -0.3 is 5.32 Å². The summed E-state index contributed by atoms with van der Waals surface area (Å²) in [6.07, 6.45) is 0.170. The first-order valence-electron chi connectivity index (χ1n) is 8.72. The fourth-order valence-corrected chi connectivity index (χ4v) is 3.28.